The maximum atomic E-state index is 13.2. The summed E-state index contributed by atoms with van der Waals surface area (Å²) < 4.78 is -0.655. The molecule has 2 unspecified atom stereocenters. The summed E-state index contributed by atoms with van der Waals surface area (Å²) in [6.45, 7) is 0. The monoisotopic (exact) mass is 354 g/mol. The number of benzene rings is 1. The molecule has 0 saturated carbocycles. The quantitative estimate of drug-likeness (QED) is 0.603. The van der Waals surface area contributed by atoms with Gasteiger partial charge >= 0.3 is 5.00 Å². The molecular formula is C17H10N2O3S2. The Morgan fingerprint density at radius 3 is 2.71 bits per heavy atom. The third kappa shape index (κ3) is 1.63. The van der Waals surface area contributed by atoms with Crippen molar-refractivity contribution < 1.29 is 9.72 Å². The molecule has 1 aromatic heterocycles. The number of carbonyl (C=O) groups is 1. The summed E-state index contributed by atoms with van der Waals surface area (Å²) in [4.78, 5) is 27.5. The fourth-order valence-corrected chi connectivity index (χ4v) is 5.99. The zero-order chi connectivity index (χ0) is 16.5. The van der Waals surface area contributed by atoms with E-state index in [1.165, 1.54) is 0 Å². The van der Waals surface area contributed by atoms with Gasteiger partial charge in [-0.25, -0.2) is 0 Å². The van der Waals surface area contributed by atoms with E-state index in [4.69, 9.17) is 0 Å². The lowest BCUT2D eigenvalue weighted by Gasteiger charge is -2.51. The summed E-state index contributed by atoms with van der Waals surface area (Å²) in [6.07, 6.45) is 5.57. The van der Waals surface area contributed by atoms with Gasteiger partial charge in [0.25, 0.3) is 5.91 Å². The average molecular weight is 354 g/mol. The molecule has 2 atom stereocenters. The van der Waals surface area contributed by atoms with Crippen molar-refractivity contribution in [1.29, 1.82) is 0 Å². The first kappa shape index (κ1) is 14.0. The van der Waals surface area contributed by atoms with E-state index in [0.29, 0.717) is 0 Å². The van der Waals surface area contributed by atoms with Crippen LogP contribution in [0.3, 0.4) is 0 Å². The van der Waals surface area contributed by atoms with E-state index >= 15 is 0 Å². The fourth-order valence-electron chi connectivity index (χ4n) is 3.43. The highest BCUT2D eigenvalue weighted by atomic mass is 32.2. The van der Waals surface area contributed by atoms with E-state index in [9.17, 15) is 14.9 Å². The maximum absolute atomic E-state index is 13.2. The molecule has 0 N–H and O–H groups in total. The van der Waals surface area contributed by atoms with E-state index in [0.717, 1.165) is 32.2 Å². The SMILES string of the molecule is O=C1N2C=Cc3cc([N+](=O)[O-])sc3C2C2=CC1(c1ccccc1)S2. The van der Waals surface area contributed by atoms with E-state index in [-0.39, 0.29) is 21.9 Å². The van der Waals surface area contributed by atoms with Crippen LogP contribution in [0.15, 0.2) is 53.6 Å². The normalized spacial score (nSPS) is 26.3. The highest BCUT2D eigenvalue weighted by Crippen LogP contribution is 2.64. The second-order valence-electron chi connectivity index (χ2n) is 5.84. The van der Waals surface area contributed by atoms with E-state index in [1.807, 2.05) is 36.4 Å². The summed E-state index contributed by atoms with van der Waals surface area (Å²) >= 11 is 2.72. The number of fused-ring (bicyclic) bond motifs is 1. The molecule has 5 nitrogen and oxygen atoms in total. The molecule has 1 aromatic carbocycles. The van der Waals surface area contributed by atoms with Crippen molar-refractivity contribution in [3.63, 3.8) is 0 Å². The first-order chi connectivity index (χ1) is 11.6. The number of amides is 1. The second-order valence-corrected chi connectivity index (χ2v) is 8.22. The van der Waals surface area contributed by atoms with Gasteiger partial charge in [0, 0.05) is 22.0 Å². The Hall–Kier alpha value is -2.38. The number of thiophene rings is 1. The van der Waals surface area contributed by atoms with Gasteiger partial charge in [0.05, 0.1) is 4.92 Å². The third-order valence-corrected chi connectivity index (χ3v) is 7.13. The van der Waals surface area contributed by atoms with Gasteiger partial charge in [-0.05, 0) is 23.3 Å². The number of rotatable bonds is 2. The van der Waals surface area contributed by atoms with Crippen molar-refractivity contribution in [3.8, 4) is 0 Å². The van der Waals surface area contributed by atoms with Crippen molar-refractivity contribution in [2.24, 2.45) is 0 Å². The molecule has 0 spiro atoms. The van der Waals surface area contributed by atoms with Gasteiger partial charge in [0.1, 0.15) is 10.8 Å². The standard InChI is InChI=1S/C17H10N2O3S2/c20-16-17(11-4-2-1-3-5-11)9-12(24-17)14-15-10(6-7-18(14)16)8-13(23-15)19(21)22/h1-9,14H. The highest BCUT2D eigenvalue weighted by molar-refractivity contribution is 8.06. The molecule has 24 heavy (non-hydrogen) atoms. The van der Waals surface area contributed by atoms with Crippen LogP contribution in [0.2, 0.25) is 0 Å². The van der Waals surface area contributed by atoms with Gasteiger partial charge in [0.2, 0.25) is 0 Å². The molecule has 1 saturated heterocycles. The van der Waals surface area contributed by atoms with Gasteiger partial charge in [-0.2, -0.15) is 0 Å². The van der Waals surface area contributed by atoms with Crippen LogP contribution in [0, 0.1) is 10.1 Å². The molecule has 1 fully saturated rings. The van der Waals surface area contributed by atoms with Crippen molar-refractivity contribution >= 4 is 40.1 Å². The van der Waals surface area contributed by atoms with Crippen LogP contribution in [0.1, 0.15) is 22.0 Å². The predicted octanol–water partition coefficient (Wildman–Crippen LogP) is 4.05. The lowest BCUT2D eigenvalue weighted by molar-refractivity contribution is -0.380. The first-order valence-corrected chi connectivity index (χ1v) is 9.00. The molecule has 4 aliphatic heterocycles. The Bertz CT molecular complexity index is 963. The van der Waals surface area contributed by atoms with Gasteiger partial charge in [-0.15, -0.1) is 11.8 Å². The first-order valence-electron chi connectivity index (χ1n) is 7.36. The van der Waals surface area contributed by atoms with Crippen LogP contribution in [0.25, 0.3) is 6.08 Å². The topological polar surface area (TPSA) is 63.5 Å². The summed E-state index contributed by atoms with van der Waals surface area (Å²) in [5.74, 6) is 0.0108. The smallest absolute Gasteiger partial charge is 0.304 e. The van der Waals surface area contributed by atoms with Crippen LogP contribution in [-0.2, 0) is 9.54 Å². The van der Waals surface area contributed by atoms with E-state index in [1.54, 1.807) is 35.0 Å². The molecule has 5 heterocycles. The van der Waals surface area contributed by atoms with Crippen molar-refractivity contribution in [2.45, 2.75) is 10.8 Å². The second kappa shape index (κ2) is 4.58. The Labute approximate surface area is 145 Å². The molecule has 4 aliphatic rings. The minimum Gasteiger partial charge on any atom is -0.304 e. The fraction of sp³-hybridized carbons (Fsp3) is 0.118. The minimum atomic E-state index is -0.655. The van der Waals surface area contributed by atoms with Gasteiger partial charge in [-0.1, -0.05) is 41.7 Å². The Balaban J connectivity index is 1.63. The number of carbonyl (C=O) groups excluding carboxylic acids is 1. The highest BCUT2D eigenvalue weighted by Gasteiger charge is 2.58. The molecule has 118 valence electrons. The predicted molar refractivity (Wildman–Crippen MR) is 93.4 cm³/mol. The van der Waals surface area contributed by atoms with Crippen LogP contribution < -0.4 is 0 Å². The minimum absolute atomic E-state index is 0.0108. The Kier molecular flexibility index (Phi) is 2.67. The van der Waals surface area contributed by atoms with E-state index < -0.39 is 4.75 Å². The van der Waals surface area contributed by atoms with E-state index in [2.05, 4.69) is 0 Å². The van der Waals surface area contributed by atoms with Crippen molar-refractivity contribution in [2.75, 3.05) is 0 Å². The van der Waals surface area contributed by atoms with Crippen LogP contribution in [-0.4, -0.2) is 15.7 Å². The lowest BCUT2D eigenvalue weighted by atomic mass is 9.88. The zero-order valence-corrected chi connectivity index (χ0v) is 13.8. The summed E-state index contributed by atoms with van der Waals surface area (Å²) in [7, 11) is 0. The van der Waals surface area contributed by atoms with Gasteiger partial charge in [-0.3, -0.25) is 14.9 Å². The lowest BCUT2D eigenvalue weighted by Crippen LogP contribution is -2.53. The molecule has 2 aromatic rings. The molecular weight excluding hydrogens is 344 g/mol. The van der Waals surface area contributed by atoms with Crippen molar-refractivity contribution in [3.05, 3.63) is 79.7 Å². The maximum Gasteiger partial charge on any atom is 0.325 e. The van der Waals surface area contributed by atoms with Gasteiger partial charge in [0.15, 0.2) is 0 Å². The van der Waals surface area contributed by atoms with Crippen LogP contribution in [0.5, 0.6) is 0 Å². The summed E-state index contributed by atoms with van der Waals surface area (Å²) in [6, 6.07) is 11.1. The molecule has 0 aliphatic carbocycles. The third-order valence-electron chi connectivity index (χ3n) is 4.55. The summed E-state index contributed by atoms with van der Waals surface area (Å²) in [5.41, 5.74) is 1.81. The average Bonchev–Trinajstić information content (AvgIpc) is 2.99. The molecule has 2 bridgehead atoms. The number of nitro groups is 1. The van der Waals surface area contributed by atoms with Crippen molar-refractivity contribution in [1.82, 2.24) is 4.90 Å². The number of nitrogens with zero attached hydrogens (tertiary/aromatic N) is 2. The zero-order valence-electron chi connectivity index (χ0n) is 12.2. The summed E-state index contributed by atoms with van der Waals surface area (Å²) in [5, 5.41) is 11.2. The van der Waals surface area contributed by atoms with Crippen LogP contribution >= 0.6 is 23.1 Å². The Morgan fingerprint density at radius 1 is 1.25 bits per heavy atom. The number of hydrogen-bond acceptors (Lipinski definition) is 5. The molecule has 6 rings (SSSR count). The molecule has 7 heteroatoms. The Morgan fingerprint density at radius 2 is 2.00 bits per heavy atom. The largest absolute Gasteiger partial charge is 0.325 e. The van der Waals surface area contributed by atoms with Crippen LogP contribution in [0.4, 0.5) is 5.00 Å². The number of hydrogen-bond donors (Lipinski definition) is 0. The number of thioether (sulfide) groups is 1. The molecule has 0 radical (unpaired) electrons. The van der Waals surface area contributed by atoms with Gasteiger partial charge < -0.3 is 4.90 Å². The molecule has 1 amide bonds.